The zero-order chi connectivity index (χ0) is 16.9. The number of guanidine groups is 1. The Morgan fingerprint density at radius 3 is 2.83 bits per heavy atom. The maximum absolute atomic E-state index is 4.86. The van der Waals surface area contributed by atoms with Gasteiger partial charge in [-0.25, -0.2) is 4.98 Å². The Bertz CT molecular complexity index is 680. The summed E-state index contributed by atoms with van der Waals surface area (Å²) in [6, 6.07) is 10.8. The normalized spacial score (nSPS) is 20.0. The Hall–Kier alpha value is -1.88. The Labute approximate surface area is 148 Å². The first kappa shape index (κ1) is 17.0. The van der Waals surface area contributed by atoms with Crippen LogP contribution in [0.4, 0.5) is 0 Å². The van der Waals surface area contributed by atoms with Gasteiger partial charge in [0.15, 0.2) is 5.96 Å². The molecule has 0 spiro atoms. The van der Waals surface area contributed by atoms with Crippen molar-refractivity contribution < 1.29 is 0 Å². The molecule has 2 atom stereocenters. The van der Waals surface area contributed by atoms with E-state index in [1.54, 1.807) is 11.3 Å². The number of nitrogens with one attached hydrogen (secondary N) is 1. The van der Waals surface area contributed by atoms with E-state index in [2.05, 4.69) is 64.9 Å². The van der Waals surface area contributed by atoms with E-state index in [9.17, 15) is 0 Å². The Morgan fingerprint density at radius 1 is 1.38 bits per heavy atom. The van der Waals surface area contributed by atoms with Crippen LogP contribution in [0.2, 0.25) is 0 Å². The lowest BCUT2D eigenvalue weighted by Gasteiger charge is -2.21. The minimum Gasteiger partial charge on any atom is -0.357 e. The van der Waals surface area contributed by atoms with Crippen molar-refractivity contribution in [2.45, 2.75) is 32.7 Å². The molecular weight excluding hydrogens is 316 g/mol. The summed E-state index contributed by atoms with van der Waals surface area (Å²) in [7, 11) is 2.08. The molecular formula is C19H26N4S. The third kappa shape index (κ3) is 4.35. The highest BCUT2D eigenvalue weighted by molar-refractivity contribution is 7.09. The first-order chi connectivity index (χ1) is 11.7. The minimum atomic E-state index is 0.677. The third-order valence-electron chi connectivity index (χ3n) is 4.39. The van der Waals surface area contributed by atoms with Gasteiger partial charge in [-0.15, -0.1) is 11.3 Å². The third-order valence-corrected chi connectivity index (χ3v) is 5.21. The predicted molar refractivity (Wildman–Crippen MR) is 102 cm³/mol. The molecule has 128 valence electrons. The molecule has 3 rings (SSSR count). The lowest BCUT2D eigenvalue weighted by atomic mass is 10.1. The molecule has 1 aliphatic rings. The van der Waals surface area contributed by atoms with Gasteiger partial charge in [0.2, 0.25) is 0 Å². The number of hydrogen-bond acceptors (Lipinski definition) is 3. The number of aryl methyl sites for hydroxylation is 1. The van der Waals surface area contributed by atoms with E-state index >= 15 is 0 Å². The SMILES string of the molecule is CCNC(=NCC1CC1c1ccccc1)N(C)Cc1csc(C)n1. The molecule has 1 fully saturated rings. The van der Waals surface area contributed by atoms with Crippen LogP contribution < -0.4 is 5.32 Å². The number of hydrogen-bond donors (Lipinski definition) is 1. The molecule has 0 amide bonds. The second-order valence-electron chi connectivity index (χ2n) is 6.42. The van der Waals surface area contributed by atoms with E-state index in [4.69, 9.17) is 4.99 Å². The van der Waals surface area contributed by atoms with Crippen molar-refractivity contribution in [1.29, 1.82) is 0 Å². The Kier molecular flexibility index (Phi) is 5.51. The van der Waals surface area contributed by atoms with Crippen LogP contribution in [0.1, 0.15) is 35.5 Å². The molecule has 2 unspecified atom stereocenters. The van der Waals surface area contributed by atoms with Gasteiger partial charge in [0, 0.05) is 25.5 Å². The van der Waals surface area contributed by atoms with Crippen molar-refractivity contribution in [3.63, 3.8) is 0 Å². The maximum atomic E-state index is 4.86. The van der Waals surface area contributed by atoms with Gasteiger partial charge in [0.05, 0.1) is 17.2 Å². The quantitative estimate of drug-likeness (QED) is 0.643. The number of benzene rings is 1. The molecule has 4 nitrogen and oxygen atoms in total. The molecule has 0 bridgehead atoms. The van der Waals surface area contributed by atoms with Crippen molar-refractivity contribution in [1.82, 2.24) is 15.2 Å². The predicted octanol–water partition coefficient (Wildman–Crippen LogP) is 3.65. The monoisotopic (exact) mass is 342 g/mol. The fourth-order valence-electron chi connectivity index (χ4n) is 3.03. The summed E-state index contributed by atoms with van der Waals surface area (Å²) in [6.45, 7) is 6.72. The Morgan fingerprint density at radius 2 is 2.17 bits per heavy atom. The average Bonchev–Trinajstić information content (AvgIpc) is 3.26. The summed E-state index contributed by atoms with van der Waals surface area (Å²) >= 11 is 1.70. The smallest absolute Gasteiger partial charge is 0.194 e. The highest BCUT2D eigenvalue weighted by Crippen LogP contribution is 2.47. The lowest BCUT2D eigenvalue weighted by molar-refractivity contribution is 0.470. The average molecular weight is 343 g/mol. The molecule has 0 radical (unpaired) electrons. The molecule has 24 heavy (non-hydrogen) atoms. The lowest BCUT2D eigenvalue weighted by Crippen LogP contribution is -2.38. The largest absolute Gasteiger partial charge is 0.357 e. The molecule has 1 aromatic heterocycles. The topological polar surface area (TPSA) is 40.5 Å². The van der Waals surface area contributed by atoms with Crippen LogP contribution in [0, 0.1) is 12.8 Å². The van der Waals surface area contributed by atoms with Crippen LogP contribution in [0.25, 0.3) is 0 Å². The van der Waals surface area contributed by atoms with E-state index in [1.807, 2.05) is 6.92 Å². The van der Waals surface area contributed by atoms with Crippen molar-refractivity contribution in [3.8, 4) is 0 Å². The van der Waals surface area contributed by atoms with Crippen molar-refractivity contribution in [2.24, 2.45) is 10.9 Å². The molecule has 0 saturated heterocycles. The van der Waals surface area contributed by atoms with Gasteiger partial charge in [-0.1, -0.05) is 30.3 Å². The first-order valence-electron chi connectivity index (χ1n) is 8.62. The van der Waals surface area contributed by atoms with E-state index in [-0.39, 0.29) is 0 Å². The van der Waals surface area contributed by atoms with Gasteiger partial charge >= 0.3 is 0 Å². The number of thiazole rings is 1. The molecule has 1 aliphatic carbocycles. The van der Waals surface area contributed by atoms with Crippen LogP contribution in [-0.2, 0) is 6.54 Å². The van der Waals surface area contributed by atoms with Gasteiger partial charge in [0.1, 0.15) is 0 Å². The number of rotatable bonds is 6. The van der Waals surface area contributed by atoms with Crippen LogP contribution in [-0.4, -0.2) is 36.0 Å². The number of aliphatic imine (C=N–C) groups is 1. The zero-order valence-corrected chi connectivity index (χ0v) is 15.5. The van der Waals surface area contributed by atoms with Gasteiger partial charge in [0.25, 0.3) is 0 Å². The van der Waals surface area contributed by atoms with Gasteiger partial charge in [-0.2, -0.15) is 0 Å². The van der Waals surface area contributed by atoms with Gasteiger partial charge < -0.3 is 10.2 Å². The molecule has 5 heteroatoms. The van der Waals surface area contributed by atoms with E-state index in [1.165, 1.54) is 12.0 Å². The zero-order valence-electron chi connectivity index (χ0n) is 14.7. The number of aromatic nitrogens is 1. The van der Waals surface area contributed by atoms with Crippen LogP contribution in [0.3, 0.4) is 0 Å². The molecule has 0 aliphatic heterocycles. The summed E-state index contributed by atoms with van der Waals surface area (Å²) in [5.41, 5.74) is 2.56. The van der Waals surface area contributed by atoms with Crippen molar-refractivity contribution in [3.05, 3.63) is 52.0 Å². The van der Waals surface area contributed by atoms with E-state index in [0.717, 1.165) is 36.3 Å². The van der Waals surface area contributed by atoms with Crippen LogP contribution in [0.5, 0.6) is 0 Å². The summed E-state index contributed by atoms with van der Waals surface area (Å²) in [4.78, 5) is 11.6. The second kappa shape index (κ2) is 7.79. The minimum absolute atomic E-state index is 0.677. The van der Waals surface area contributed by atoms with Gasteiger partial charge in [-0.05, 0) is 37.7 Å². The summed E-state index contributed by atoms with van der Waals surface area (Å²) in [5.74, 6) is 2.34. The fraction of sp³-hybridized carbons (Fsp3) is 0.474. The molecule has 1 aromatic carbocycles. The summed E-state index contributed by atoms with van der Waals surface area (Å²) in [5, 5.41) is 6.64. The molecule has 2 aromatic rings. The van der Waals surface area contributed by atoms with Crippen molar-refractivity contribution in [2.75, 3.05) is 20.1 Å². The molecule has 1 saturated carbocycles. The highest BCUT2D eigenvalue weighted by Gasteiger charge is 2.37. The first-order valence-corrected chi connectivity index (χ1v) is 9.50. The molecule has 1 heterocycles. The number of nitrogens with zero attached hydrogens (tertiary/aromatic N) is 3. The molecule has 1 N–H and O–H groups in total. The highest BCUT2D eigenvalue weighted by atomic mass is 32.1. The Balaban J connectivity index is 1.58. The van der Waals surface area contributed by atoms with E-state index in [0.29, 0.717) is 11.8 Å². The summed E-state index contributed by atoms with van der Waals surface area (Å²) in [6.07, 6.45) is 1.25. The second-order valence-corrected chi connectivity index (χ2v) is 7.48. The van der Waals surface area contributed by atoms with Crippen LogP contribution >= 0.6 is 11.3 Å². The van der Waals surface area contributed by atoms with E-state index < -0.39 is 0 Å². The van der Waals surface area contributed by atoms with Crippen molar-refractivity contribution >= 4 is 17.3 Å². The van der Waals surface area contributed by atoms with Gasteiger partial charge in [-0.3, -0.25) is 4.99 Å². The fourth-order valence-corrected chi connectivity index (χ4v) is 3.63. The maximum Gasteiger partial charge on any atom is 0.194 e. The van der Waals surface area contributed by atoms with Crippen LogP contribution in [0.15, 0.2) is 40.7 Å². The standard InChI is InChI=1S/C19H26N4S/c1-4-20-19(23(3)12-17-13-24-14(2)22-17)21-11-16-10-18(16)15-8-6-5-7-9-15/h5-9,13,16,18H,4,10-12H2,1-3H3,(H,20,21). The summed E-state index contributed by atoms with van der Waals surface area (Å²) < 4.78 is 0.